The molecule has 0 bridgehead atoms. The van der Waals surface area contributed by atoms with Crippen LogP contribution in [0.1, 0.15) is 30.6 Å². The molecule has 7 heteroatoms. The molecule has 118 valence electrons. The SMILES string of the molecule is CCOCCCNC(=O)c1ccc(NS(=O)(=O)CC)cc1. The summed E-state index contributed by atoms with van der Waals surface area (Å²) >= 11 is 0. The number of hydrogen-bond donors (Lipinski definition) is 2. The molecule has 21 heavy (non-hydrogen) atoms. The van der Waals surface area contributed by atoms with Gasteiger partial charge in [-0.2, -0.15) is 0 Å². The molecule has 0 spiro atoms. The standard InChI is InChI=1S/C14H22N2O4S/c1-3-20-11-5-10-15-14(17)12-6-8-13(9-7-12)16-21(18,19)4-2/h6-9,16H,3-5,10-11H2,1-2H3,(H,15,17). The summed E-state index contributed by atoms with van der Waals surface area (Å²) in [6, 6.07) is 6.32. The Bertz CT molecular complexity index is 541. The van der Waals surface area contributed by atoms with Crippen molar-refractivity contribution in [3.63, 3.8) is 0 Å². The number of carbonyl (C=O) groups is 1. The van der Waals surface area contributed by atoms with Crippen LogP contribution in [0.15, 0.2) is 24.3 Å². The van der Waals surface area contributed by atoms with Crippen LogP contribution < -0.4 is 10.0 Å². The van der Waals surface area contributed by atoms with Gasteiger partial charge in [0.2, 0.25) is 10.0 Å². The van der Waals surface area contributed by atoms with Crippen LogP contribution in [0.2, 0.25) is 0 Å². The second kappa shape index (κ2) is 8.63. The third kappa shape index (κ3) is 6.59. The van der Waals surface area contributed by atoms with E-state index in [0.29, 0.717) is 31.0 Å². The predicted octanol–water partition coefficient (Wildman–Crippen LogP) is 1.60. The fourth-order valence-corrected chi connectivity index (χ4v) is 2.20. The third-order valence-corrected chi connectivity index (χ3v) is 4.06. The Balaban J connectivity index is 2.48. The van der Waals surface area contributed by atoms with Gasteiger partial charge in [-0.25, -0.2) is 8.42 Å². The van der Waals surface area contributed by atoms with E-state index in [0.717, 1.165) is 6.42 Å². The van der Waals surface area contributed by atoms with E-state index in [1.165, 1.54) is 0 Å². The second-order valence-electron chi connectivity index (χ2n) is 4.39. The molecular weight excluding hydrogens is 292 g/mol. The van der Waals surface area contributed by atoms with Gasteiger partial charge in [-0.3, -0.25) is 9.52 Å². The summed E-state index contributed by atoms with van der Waals surface area (Å²) in [5.74, 6) is -0.175. The fourth-order valence-electron chi connectivity index (χ4n) is 1.56. The zero-order valence-corrected chi connectivity index (χ0v) is 13.2. The molecule has 1 amide bonds. The quantitative estimate of drug-likeness (QED) is 0.678. The molecule has 1 aromatic rings. The molecule has 0 atom stereocenters. The summed E-state index contributed by atoms with van der Waals surface area (Å²) in [5.41, 5.74) is 0.940. The summed E-state index contributed by atoms with van der Waals surface area (Å²) in [6.45, 7) is 5.32. The van der Waals surface area contributed by atoms with Crippen molar-refractivity contribution in [3.8, 4) is 0 Å². The number of hydrogen-bond acceptors (Lipinski definition) is 4. The Labute approximate surface area is 125 Å². The van der Waals surface area contributed by atoms with Crippen molar-refractivity contribution in [1.82, 2.24) is 5.32 Å². The molecule has 0 fully saturated rings. The first-order chi connectivity index (χ1) is 9.98. The molecular formula is C14H22N2O4S. The molecule has 0 saturated heterocycles. The monoisotopic (exact) mass is 314 g/mol. The number of ether oxygens (including phenoxy) is 1. The average Bonchev–Trinajstić information content (AvgIpc) is 2.47. The lowest BCUT2D eigenvalue weighted by Gasteiger charge is -2.08. The largest absolute Gasteiger partial charge is 0.382 e. The zero-order chi connectivity index (χ0) is 15.7. The summed E-state index contributed by atoms with van der Waals surface area (Å²) in [5, 5.41) is 2.78. The lowest BCUT2D eigenvalue weighted by Crippen LogP contribution is -2.25. The van der Waals surface area contributed by atoms with Gasteiger partial charge in [0.05, 0.1) is 5.75 Å². The highest BCUT2D eigenvalue weighted by Gasteiger charge is 2.08. The van der Waals surface area contributed by atoms with Gasteiger partial charge >= 0.3 is 0 Å². The van der Waals surface area contributed by atoms with Gasteiger partial charge in [-0.1, -0.05) is 0 Å². The number of rotatable bonds is 9. The summed E-state index contributed by atoms with van der Waals surface area (Å²) < 4.78 is 30.4. The van der Waals surface area contributed by atoms with Crippen molar-refractivity contribution in [3.05, 3.63) is 29.8 Å². The highest BCUT2D eigenvalue weighted by Crippen LogP contribution is 2.11. The molecule has 0 unspecified atom stereocenters. The minimum atomic E-state index is -3.29. The maximum Gasteiger partial charge on any atom is 0.251 e. The van der Waals surface area contributed by atoms with Crippen molar-refractivity contribution in [1.29, 1.82) is 0 Å². The van der Waals surface area contributed by atoms with Crippen LogP contribution in [0.3, 0.4) is 0 Å². The van der Waals surface area contributed by atoms with Gasteiger partial charge in [0.15, 0.2) is 0 Å². The van der Waals surface area contributed by atoms with E-state index < -0.39 is 10.0 Å². The number of sulfonamides is 1. The Hall–Kier alpha value is -1.60. The Morgan fingerprint density at radius 1 is 1.19 bits per heavy atom. The maximum atomic E-state index is 11.8. The van der Waals surface area contributed by atoms with Gasteiger partial charge in [0.1, 0.15) is 0 Å². The fraction of sp³-hybridized carbons (Fsp3) is 0.500. The van der Waals surface area contributed by atoms with Crippen molar-refractivity contribution < 1.29 is 17.9 Å². The highest BCUT2D eigenvalue weighted by atomic mass is 32.2. The molecule has 1 rings (SSSR count). The van der Waals surface area contributed by atoms with Crippen LogP contribution in [0.4, 0.5) is 5.69 Å². The first-order valence-corrected chi connectivity index (χ1v) is 8.60. The minimum absolute atomic E-state index is 0.00900. The van der Waals surface area contributed by atoms with Gasteiger partial charge < -0.3 is 10.1 Å². The van der Waals surface area contributed by atoms with Gasteiger partial charge in [-0.05, 0) is 44.5 Å². The van der Waals surface area contributed by atoms with Gasteiger partial charge in [0.25, 0.3) is 5.91 Å². The van der Waals surface area contributed by atoms with E-state index in [1.54, 1.807) is 31.2 Å². The molecule has 1 aromatic carbocycles. The minimum Gasteiger partial charge on any atom is -0.382 e. The molecule has 0 radical (unpaired) electrons. The van der Waals surface area contributed by atoms with Gasteiger partial charge in [0, 0.05) is 31.0 Å². The van der Waals surface area contributed by atoms with Crippen LogP contribution in [0.25, 0.3) is 0 Å². The van der Waals surface area contributed by atoms with E-state index in [1.807, 2.05) is 6.92 Å². The van der Waals surface area contributed by atoms with Crippen LogP contribution in [0, 0.1) is 0 Å². The number of nitrogens with one attached hydrogen (secondary N) is 2. The topological polar surface area (TPSA) is 84.5 Å². The lowest BCUT2D eigenvalue weighted by molar-refractivity contribution is 0.0944. The highest BCUT2D eigenvalue weighted by molar-refractivity contribution is 7.92. The Morgan fingerprint density at radius 3 is 2.43 bits per heavy atom. The van der Waals surface area contributed by atoms with Crippen LogP contribution >= 0.6 is 0 Å². The molecule has 0 saturated carbocycles. The van der Waals surface area contributed by atoms with Crippen LogP contribution in [-0.2, 0) is 14.8 Å². The predicted molar refractivity (Wildman–Crippen MR) is 83.0 cm³/mol. The van der Waals surface area contributed by atoms with Crippen LogP contribution in [-0.4, -0.2) is 39.8 Å². The molecule has 0 aliphatic carbocycles. The number of anilines is 1. The second-order valence-corrected chi connectivity index (χ2v) is 6.40. The van der Waals surface area contributed by atoms with Crippen molar-refractivity contribution in [2.75, 3.05) is 30.2 Å². The molecule has 0 aromatic heterocycles. The first kappa shape index (κ1) is 17.5. The lowest BCUT2D eigenvalue weighted by atomic mass is 10.2. The van der Waals surface area contributed by atoms with Crippen molar-refractivity contribution in [2.45, 2.75) is 20.3 Å². The van der Waals surface area contributed by atoms with Gasteiger partial charge in [-0.15, -0.1) is 0 Å². The number of benzene rings is 1. The summed E-state index contributed by atoms with van der Waals surface area (Å²) in [6.07, 6.45) is 0.758. The zero-order valence-electron chi connectivity index (χ0n) is 12.4. The molecule has 2 N–H and O–H groups in total. The van der Waals surface area contributed by atoms with Crippen molar-refractivity contribution >= 4 is 21.6 Å². The Morgan fingerprint density at radius 2 is 1.86 bits per heavy atom. The van der Waals surface area contributed by atoms with E-state index in [-0.39, 0.29) is 11.7 Å². The maximum absolute atomic E-state index is 11.8. The van der Waals surface area contributed by atoms with Crippen LogP contribution in [0.5, 0.6) is 0 Å². The van der Waals surface area contributed by atoms with E-state index in [4.69, 9.17) is 4.74 Å². The number of carbonyl (C=O) groups excluding carboxylic acids is 1. The molecule has 0 aliphatic rings. The average molecular weight is 314 g/mol. The molecule has 6 nitrogen and oxygen atoms in total. The third-order valence-electron chi connectivity index (χ3n) is 2.76. The number of amides is 1. The van der Waals surface area contributed by atoms with E-state index >= 15 is 0 Å². The van der Waals surface area contributed by atoms with E-state index in [9.17, 15) is 13.2 Å². The van der Waals surface area contributed by atoms with Crippen molar-refractivity contribution in [2.24, 2.45) is 0 Å². The summed E-state index contributed by atoms with van der Waals surface area (Å²) in [7, 11) is -3.29. The van der Waals surface area contributed by atoms with E-state index in [2.05, 4.69) is 10.0 Å². The Kier molecular flexibility index (Phi) is 7.18. The smallest absolute Gasteiger partial charge is 0.251 e. The first-order valence-electron chi connectivity index (χ1n) is 6.95. The summed E-state index contributed by atoms with van der Waals surface area (Å²) in [4.78, 5) is 11.8. The molecule has 0 aliphatic heterocycles. The molecule has 0 heterocycles. The normalized spacial score (nSPS) is 11.1.